The first kappa shape index (κ1) is 16.9. The minimum Gasteiger partial charge on any atom is -0.392 e. The van der Waals surface area contributed by atoms with E-state index < -0.39 is 0 Å². The number of benzene rings is 1. The molecule has 0 aliphatic carbocycles. The standard InChI is InChI=1S/C17H26N2O3/c1-14(12-17(21)19-8-10-22-11-9-19)18-7-6-15-2-4-16(13-20)5-3-15/h2-5,14,18,20H,6-13H2,1H3. The van der Waals surface area contributed by atoms with Crippen molar-refractivity contribution in [2.24, 2.45) is 0 Å². The lowest BCUT2D eigenvalue weighted by Gasteiger charge is -2.28. The van der Waals surface area contributed by atoms with E-state index in [1.54, 1.807) is 0 Å². The molecule has 0 saturated carbocycles. The van der Waals surface area contributed by atoms with Crippen LogP contribution in [0.2, 0.25) is 0 Å². The first-order valence-electron chi connectivity index (χ1n) is 7.96. The maximum Gasteiger partial charge on any atom is 0.224 e. The molecule has 122 valence electrons. The van der Waals surface area contributed by atoms with Gasteiger partial charge in [-0.15, -0.1) is 0 Å². The number of rotatable bonds is 7. The second-order valence-electron chi connectivity index (χ2n) is 5.78. The minimum absolute atomic E-state index is 0.0826. The Morgan fingerprint density at radius 3 is 2.55 bits per heavy atom. The van der Waals surface area contributed by atoms with Gasteiger partial charge in [0, 0.05) is 25.6 Å². The van der Waals surface area contributed by atoms with Crippen LogP contribution in [0, 0.1) is 0 Å². The third-order valence-corrected chi connectivity index (χ3v) is 3.96. The van der Waals surface area contributed by atoms with Crippen molar-refractivity contribution in [3.63, 3.8) is 0 Å². The van der Waals surface area contributed by atoms with Crippen LogP contribution in [-0.4, -0.2) is 54.8 Å². The van der Waals surface area contributed by atoms with E-state index in [4.69, 9.17) is 9.84 Å². The van der Waals surface area contributed by atoms with Gasteiger partial charge in [-0.25, -0.2) is 0 Å². The predicted octanol–water partition coefficient (Wildman–Crippen LogP) is 0.948. The average Bonchev–Trinajstić information content (AvgIpc) is 2.56. The number of hydrogen-bond acceptors (Lipinski definition) is 4. The van der Waals surface area contributed by atoms with Crippen LogP contribution in [0.4, 0.5) is 0 Å². The van der Waals surface area contributed by atoms with Gasteiger partial charge in [0.25, 0.3) is 0 Å². The van der Waals surface area contributed by atoms with Crippen molar-refractivity contribution in [2.75, 3.05) is 32.8 Å². The van der Waals surface area contributed by atoms with Gasteiger partial charge >= 0.3 is 0 Å². The second kappa shape index (κ2) is 8.88. The number of carbonyl (C=O) groups is 1. The quantitative estimate of drug-likeness (QED) is 0.787. The molecule has 1 aromatic carbocycles. The molecule has 1 unspecified atom stereocenters. The number of aliphatic hydroxyl groups excluding tert-OH is 1. The molecule has 1 aliphatic heterocycles. The summed E-state index contributed by atoms with van der Waals surface area (Å²) in [6.07, 6.45) is 1.45. The van der Waals surface area contributed by atoms with Gasteiger partial charge in [-0.2, -0.15) is 0 Å². The summed E-state index contributed by atoms with van der Waals surface area (Å²) in [7, 11) is 0. The molecular formula is C17H26N2O3. The summed E-state index contributed by atoms with van der Waals surface area (Å²) in [6.45, 7) is 5.70. The molecule has 0 spiro atoms. The van der Waals surface area contributed by atoms with Gasteiger partial charge in [0.1, 0.15) is 0 Å². The molecular weight excluding hydrogens is 280 g/mol. The second-order valence-corrected chi connectivity index (χ2v) is 5.78. The predicted molar refractivity (Wildman–Crippen MR) is 85.5 cm³/mol. The van der Waals surface area contributed by atoms with Gasteiger partial charge in [-0.1, -0.05) is 24.3 Å². The monoisotopic (exact) mass is 306 g/mol. The van der Waals surface area contributed by atoms with Gasteiger partial charge in [0.15, 0.2) is 0 Å². The molecule has 2 N–H and O–H groups in total. The highest BCUT2D eigenvalue weighted by molar-refractivity contribution is 5.76. The van der Waals surface area contributed by atoms with E-state index >= 15 is 0 Å². The Bertz CT molecular complexity index is 455. The smallest absolute Gasteiger partial charge is 0.224 e. The van der Waals surface area contributed by atoms with Crippen molar-refractivity contribution < 1.29 is 14.6 Å². The maximum atomic E-state index is 12.1. The number of nitrogens with zero attached hydrogens (tertiary/aromatic N) is 1. The molecule has 5 heteroatoms. The van der Waals surface area contributed by atoms with Crippen LogP contribution in [0.25, 0.3) is 0 Å². The van der Waals surface area contributed by atoms with Gasteiger partial charge in [0.2, 0.25) is 5.91 Å². The Kier molecular flexibility index (Phi) is 6.83. The summed E-state index contributed by atoms with van der Waals surface area (Å²) in [4.78, 5) is 14.0. The number of aliphatic hydroxyl groups is 1. The van der Waals surface area contributed by atoms with E-state index in [1.807, 2.05) is 36.1 Å². The molecule has 1 saturated heterocycles. The summed E-state index contributed by atoms with van der Waals surface area (Å²) in [5.41, 5.74) is 2.16. The Balaban J connectivity index is 1.66. The Hall–Kier alpha value is -1.43. The van der Waals surface area contributed by atoms with E-state index in [2.05, 4.69) is 5.32 Å². The summed E-state index contributed by atoms with van der Waals surface area (Å²) in [5.74, 6) is 0.204. The van der Waals surface area contributed by atoms with E-state index in [0.717, 1.165) is 18.5 Å². The van der Waals surface area contributed by atoms with Gasteiger partial charge in [-0.05, 0) is 31.0 Å². The van der Waals surface area contributed by atoms with Crippen molar-refractivity contribution >= 4 is 5.91 Å². The largest absolute Gasteiger partial charge is 0.392 e. The molecule has 1 aliphatic rings. The molecule has 22 heavy (non-hydrogen) atoms. The molecule has 1 heterocycles. The fourth-order valence-corrected chi connectivity index (χ4v) is 2.55. The zero-order valence-corrected chi connectivity index (χ0v) is 13.3. The molecule has 0 radical (unpaired) electrons. The van der Waals surface area contributed by atoms with Crippen molar-refractivity contribution in [1.29, 1.82) is 0 Å². The van der Waals surface area contributed by atoms with E-state index in [-0.39, 0.29) is 18.6 Å². The lowest BCUT2D eigenvalue weighted by Crippen LogP contribution is -2.43. The molecule has 0 bridgehead atoms. The van der Waals surface area contributed by atoms with Crippen LogP contribution in [0.15, 0.2) is 24.3 Å². The third kappa shape index (κ3) is 5.40. The van der Waals surface area contributed by atoms with Crippen LogP contribution >= 0.6 is 0 Å². The van der Waals surface area contributed by atoms with E-state index in [9.17, 15) is 4.79 Å². The van der Waals surface area contributed by atoms with Crippen molar-refractivity contribution in [1.82, 2.24) is 10.2 Å². The number of nitrogens with one attached hydrogen (secondary N) is 1. The van der Waals surface area contributed by atoms with Gasteiger partial charge in [-0.3, -0.25) is 4.79 Å². The van der Waals surface area contributed by atoms with Crippen LogP contribution in [0.5, 0.6) is 0 Å². The van der Waals surface area contributed by atoms with Crippen LogP contribution in [-0.2, 0) is 22.6 Å². The highest BCUT2D eigenvalue weighted by Gasteiger charge is 2.18. The maximum absolute atomic E-state index is 12.1. The lowest BCUT2D eigenvalue weighted by molar-refractivity contribution is -0.135. The van der Waals surface area contributed by atoms with E-state index in [1.165, 1.54) is 5.56 Å². The fourth-order valence-electron chi connectivity index (χ4n) is 2.55. The van der Waals surface area contributed by atoms with Gasteiger partial charge < -0.3 is 20.1 Å². The fraction of sp³-hybridized carbons (Fsp3) is 0.588. The topological polar surface area (TPSA) is 61.8 Å². The zero-order chi connectivity index (χ0) is 15.8. The zero-order valence-electron chi connectivity index (χ0n) is 13.3. The highest BCUT2D eigenvalue weighted by atomic mass is 16.5. The number of carbonyl (C=O) groups excluding carboxylic acids is 1. The molecule has 0 aromatic heterocycles. The molecule has 1 fully saturated rings. The first-order chi connectivity index (χ1) is 10.7. The van der Waals surface area contributed by atoms with Gasteiger partial charge in [0.05, 0.1) is 19.8 Å². The van der Waals surface area contributed by atoms with Crippen molar-refractivity contribution in [2.45, 2.75) is 32.4 Å². The summed E-state index contributed by atoms with van der Waals surface area (Å²) >= 11 is 0. The summed E-state index contributed by atoms with van der Waals surface area (Å²) < 4.78 is 5.26. The summed E-state index contributed by atoms with van der Waals surface area (Å²) in [6, 6.07) is 8.14. The third-order valence-electron chi connectivity index (χ3n) is 3.96. The lowest BCUT2D eigenvalue weighted by atomic mass is 10.1. The van der Waals surface area contributed by atoms with Crippen LogP contribution in [0.1, 0.15) is 24.5 Å². The number of ether oxygens (including phenoxy) is 1. The average molecular weight is 306 g/mol. The summed E-state index contributed by atoms with van der Waals surface area (Å²) in [5, 5.41) is 12.4. The van der Waals surface area contributed by atoms with Crippen LogP contribution in [0.3, 0.4) is 0 Å². The molecule has 1 atom stereocenters. The molecule has 2 rings (SSSR count). The normalized spacial score (nSPS) is 16.5. The Morgan fingerprint density at radius 2 is 1.91 bits per heavy atom. The number of morpholine rings is 1. The van der Waals surface area contributed by atoms with Crippen molar-refractivity contribution in [3.8, 4) is 0 Å². The van der Waals surface area contributed by atoms with E-state index in [0.29, 0.717) is 32.7 Å². The SMILES string of the molecule is CC(CC(=O)N1CCOCC1)NCCc1ccc(CO)cc1. The number of hydrogen-bond donors (Lipinski definition) is 2. The molecule has 5 nitrogen and oxygen atoms in total. The molecule has 1 aromatic rings. The first-order valence-corrected chi connectivity index (χ1v) is 7.96. The highest BCUT2D eigenvalue weighted by Crippen LogP contribution is 2.06. The Morgan fingerprint density at radius 1 is 1.27 bits per heavy atom. The Labute approximate surface area is 132 Å². The van der Waals surface area contributed by atoms with Crippen molar-refractivity contribution in [3.05, 3.63) is 35.4 Å². The molecule has 1 amide bonds. The number of amides is 1. The van der Waals surface area contributed by atoms with Crippen LogP contribution < -0.4 is 5.32 Å². The minimum atomic E-state index is 0.0826.